The van der Waals surface area contributed by atoms with Crippen LogP contribution >= 0.6 is 11.8 Å². The maximum atomic E-state index is 12.3. The van der Waals surface area contributed by atoms with Crippen LogP contribution in [0.2, 0.25) is 0 Å². The SMILES string of the molecule is CCSc1nnc([C@H]2CCC[NH+](CC(=O)N(CC)CC)C2)n1C. The van der Waals surface area contributed by atoms with Crippen LogP contribution < -0.4 is 4.90 Å². The lowest BCUT2D eigenvalue weighted by molar-refractivity contribution is -0.898. The Morgan fingerprint density at radius 2 is 2.09 bits per heavy atom. The number of hydrogen-bond donors (Lipinski definition) is 1. The van der Waals surface area contributed by atoms with Gasteiger partial charge in [0.1, 0.15) is 5.82 Å². The molecule has 1 amide bonds. The molecule has 7 heteroatoms. The third-order valence-electron chi connectivity index (χ3n) is 4.64. The number of hydrogen-bond acceptors (Lipinski definition) is 4. The fourth-order valence-corrected chi connectivity index (χ4v) is 4.01. The number of amides is 1. The summed E-state index contributed by atoms with van der Waals surface area (Å²) in [6.45, 7) is 10.5. The van der Waals surface area contributed by atoms with Gasteiger partial charge in [-0.2, -0.15) is 0 Å². The van der Waals surface area contributed by atoms with E-state index in [2.05, 4.69) is 28.7 Å². The number of rotatable bonds is 7. The molecule has 2 rings (SSSR count). The highest BCUT2D eigenvalue weighted by atomic mass is 32.2. The summed E-state index contributed by atoms with van der Waals surface area (Å²) in [5.41, 5.74) is 0. The third-order valence-corrected chi connectivity index (χ3v) is 5.54. The number of thioether (sulfide) groups is 1. The zero-order chi connectivity index (χ0) is 16.8. The zero-order valence-corrected chi connectivity index (χ0v) is 15.7. The van der Waals surface area contributed by atoms with Gasteiger partial charge in [0.15, 0.2) is 11.7 Å². The number of carbonyl (C=O) groups excluding carboxylic acids is 1. The van der Waals surface area contributed by atoms with Crippen LogP contribution in [0.15, 0.2) is 5.16 Å². The lowest BCUT2D eigenvalue weighted by atomic mass is 9.97. The smallest absolute Gasteiger partial charge is 0.277 e. The largest absolute Gasteiger partial charge is 0.338 e. The molecule has 1 saturated heterocycles. The maximum absolute atomic E-state index is 12.3. The highest BCUT2D eigenvalue weighted by Gasteiger charge is 2.30. The second-order valence-corrected chi connectivity index (χ2v) is 7.35. The van der Waals surface area contributed by atoms with Crippen LogP contribution in [-0.2, 0) is 11.8 Å². The summed E-state index contributed by atoms with van der Waals surface area (Å²) in [4.78, 5) is 15.6. The summed E-state index contributed by atoms with van der Waals surface area (Å²) < 4.78 is 2.13. The Bertz CT molecular complexity index is 515. The molecule has 23 heavy (non-hydrogen) atoms. The van der Waals surface area contributed by atoms with Gasteiger partial charge in [0, 0.05) is 20.1 Å². The third kappa shape index (κ3) is 4.47. The van der Waals surface area contributed by atoms with Crippen LogP contribution in [0.3, 0.4) is 0 Å². The maximum Gasteiger partial charge on any atom is 0.277 e. The van der Waals surface area contributed by atoms with Crippen molar-refractivity contribution >= 4 is 17.7 Å². The van der Waals surface area contributed by atoms with Gasteiger partial charge in [0.05, 0.1) is 19.0 Å². The summed E-state index contributed by atoms with van der Waals surface area (Å²) >= 11 is 1.73. The van der Waals surface area contributed by atoms with Crippen molar-refractivity contribution in [3.63, 3.8) is 0 Å². The van der Waals surface area contributed by atoms with Crippen LogP contribution in [0.4, 0.5) is 0 Å². The fraction of sp³-hybridized carbons (Fsp3) is 0.812. The van der Waals surface area contributed by atoms with E-state index >= 15 is 0 Å². The van der Waals surface area contributed by atoms with Crippen molar-refractivity contribution in [2.45, 2.75) is 44.7 Å². The van der Waals surface area contributed by atoms with Crippen molar-refractivity contribution in [1.29, 1.82) is 0 Å². The lowest BCUT2D eigenvalue weighted by Gasteiger charge is -2.30. The molecule has 2 heterocycles. The van der Waals surface area contributed by atoms with E-state index in [0.29, 0.717) is 12.5 Å². The summed E-state index contributed by atoms with van der Waals surface area (Å²) in [5.74, 6) is 2.76. The van der Waals surface area contributed by atoms with Gasteiger partial charge in [-0.15, -0.1) is 10.2 Å². The van der Waals surface area contributed by atoms with Crippen LogP contribution in [0, 0.1) is 0 Å². The van der Waals surface area contributed by atoms with Crippen LogP contribution in [0.5, 0.6) is 0 Å². The van der Waals surface area contributed by atoms with Gasteiger partial charge >= 0.3 is 0 Å². The zero-order valence-electron chi connectivity index (χ0n) is 14.8. The van der Waals surface area contributed by atoms with E-state index in [-0.39, 0.29) is 5.91 Å². The van der Waals surface area contributed by atoms with E-state index < -0.39 is 0 Å². The Hall–Kier alpha value is -1.08. The van der Waals surface area contributed by atoms with Crippen LogP contribution in [-0.4, -0.2) is 64.0 Å². The van der Waals surface area contributed by atoms with Gasteiger partial charge in [0.25, 0.3) is 5.91 Å². The molecule has 0 spiro atoms. The van der Waals surface area contributed by atoms with Crippen molar-refractivity contribution in [2.75, 3.05) is 38.5 Å². The van der Waals surface area contributed by atoms with Crippen LogP contribution in [0.1, 0.15) is 45.4 Å². The molecular formula is C16H30N5OS+. The molecule has 0 radical (unpaired) electrons. The summed E-state index contributed by atoms with van der Waals surface area (Å²) in [7, 11) is 2.06. The molecule has 1 fully saturated rings. The monoisotopic (exact) mass is 340 g/mol. The van der Waals surface area contributed by atoms with E-state index in [1.54, 1.807) is 11.8 Å². The average Bonchev–Trinajstić information content (AvgIpc) is 2.90. The molecule has 0 bridgehead atoms. The number of aromatic nitrogens is 3. The minimum atomic E-state index is 0.269. The number of nitrogens with zero attached hydrogens (tertiary/aromatic N) is 4. The second kappa shape index (κ2) is 8.68. The quantitative estimate of drug-likeness (QED) is 0.737. The predicted molar refractivity (Wildman–Crippen MR) is 92.9 cm³/mol. The standard InChI is InChI=1S/C16H29N5OS/c1-5-21(6-2)14(22)12-20-10-8-9-13(11-20)15-17-18-16(19(15)4)23-7-3/h13H,5-12H2,1-4H3/p+1/t13-/m0/s1. The van der Waals surface area contributed by atoms with Crippen LogP contribution in [0.25, 0.3) is 0 Å². The number of piperidine rings is 1. The second-order valence-electron chi connectivity index (χ2n) is 6.12. The average molecular weight is 341 g/mol. The Labute approximate surface area is 143 Å². The van der Waals surface area contributed by atoms with E-state index in [9.17, 15) is 4.79 Å². The predicted octanol–water partition coefficient (Wildman–Crippen LogP) is 0.558. The Kier molecular flexibility index (Phi) is 6.89. The van der Waals surface area contributed by atoms with Crippen molar-refractivity contribution in [1.82, 2.24) is 19.7 Å². The molecule has 1 aromatic rings. The summed E-state index contributed by atoms with van der Waals surface area (Å²) in [6, 6.07) is 0. The van der Waals surface area contributed by atoms with Gasteiger partial charge in [-0.1, -0.05) is 18.7 Å². The van der Waals surface area contributed by atoms with E-state index in [1.165, 1.54) is 4.90 Å². The Morgan fingerprint density at radius 3 is 2.74 bits per heavy atom. The van der Waals surface area contributed by atoms with E-state index in [4.69, 9.17) is 0 Å². The molecule has 6 nitrogen and oxygen atoms in total. The Balaban J connectivity index is 1.99. The molecule has 1 unspecified atom stereocenters. The highest BCUT2D eigenvalue weighted by Crippen LogP contribution is 2.23. The molecule has 2 atom stereocenters. The molecule has 0 saturated carbocycles. The highest BCUT2D eigenvalue weighted by molar-refractivity contribution is 7.99. The van der Waals surface area contributed by atoms with Crippen molar-refractivity contribution in [2.24, 2.45) is 7.05 Å². The molecule has 0 aromatic carbocycles. The summed E-state index contributed by atoms with van der Waals surface area (Å²) in [5, 5.41) is 9.73. The first-order chi connectivity index (χ1) is 11.1. The van der Waals surface area contributed by atoms with Gasteiger partial charge in [-0.25, -0.2) is 0 Å². The minimum Gasteiger partial charge on any atom is -0.338 e. The Morgan fingerprint density at radius 1 is 1.35 bits per heavy atom. The molecule has 1 aromatic heterocycles. The first kappa shape index (κ1) is 18.3. The number of likely N-dealkylation sites (N-methyl/N-ethyl adjacent to an activating group) is 1. The van der Waals surface area contributed by atoms with E-state index in [0.717, 1.165) is 55.8 Å². The number of nitrogens with one attached hydrogen (secondary N) is 1. The van der Waals surface area contributed by atoms with Gasteiger partial charge in [-0.05, 0) is 32.4 Å². The summed E-state index contributed by atoms with van der Waals surface area (Å²) in [6.07, 6.45) is 2.29. The normalized spacial score (nSPS) is 21.4. The van der Waals surface area contributed by atoms with Crippen molar-refractivity contribution in [3.8, 4) is 0 Å². The molecule has 1 aliphatic rings. The molecule has 1 N–H and O–H groups in total. The van der Waals surface area contributed by atoms with Gasteiger partial charge in [0.2, 0.25) is 0 Å². The number of carbonyl (C=O) groups is 1. The topological polar surface area (TPSA) is 55.5 Å². The van der Waals surface area contributed by atoms with Gasteiger partial charge in [-0.3, -0.25) is 4.79 Å². The van der Waals surface area contributed by atoms with Gasteiger partial charge < -0.3 is 14.4 Å². The van der Waals surface area contributed by atoms with Crippen molar-refractivity contribution in [3.05, 3.63) is 5.82 Å². The fourth-order valence-electron chi connectivity index (χ4n) is 3.37. The molecule has 1 aliphatic heterocycles. The minimum absolute atomic E-state index is 0.269. The van der Waals surface area contributed by atoms with Crippen molar-refractivity contribution < 1.29 is 9.69 Å². The molecular weight excluding hydrogens is 310 g/mol. The first-order valence-electron chi connectivity index (χ1n) is 8.74. The number of likely N-dealkylation sites (tertiary alicyclic amines) is 1. The van der Waals surface area contributed by atoms with E-state index in [1.807, 2.05) is 18.7 Å². The molecule has 0 aliphatic carbocycles. The number of quaternary nitrogens is 1. The lowest BCUT2D eigenvalue weighted by Crippen LogP contribution is -3.14. The molecule has 130 valence electrons. The first-order valence-corrected chi connectivity index (χ1v) is 9.72.